The maximum atomic E-state index is 10.7. The van der Waals surface area contributed by atoms with E-state index in [1.807, 2.05) is 0 Å². The van der Waals surface area contributed by atoms with E-state index < -0.39 is 4.92 Å². The summed E-state index contributed by atoms with van der Waals surface area (Å²) in [5.41, 5.74) is 0.684. The molecule has 0 aromatic heterocycles. The van der Waals surface area contributed by atoms with Crippen LogP contribution in [0.5, 0.6) is 0 Å². The van der Waals surface area contributed by atoms with E-state index >= 15 is 0 Å². The van der Waals surface area contributed by atoms with Crippen LogP contribution in [-0.2, 0) is 0 Å². The number of anilines is 1. The predicted octanol–water partition coefficient (Wildman–Crippen LogP) is 4.24. The summed E-state index contributed by atoms with van der Waals surface area (Å²) >= 11 is 5.17. The minimum Gasteiger partial charge on any atom is -0.362 e. The van der Waals surface area contributed by atoms with E-state index in [0.29, 0.717) is 10.8 Å². The van der Waals surface area contributed by atoms with Crippen LogP contribution < -0.4 is 10.6 Å². The Balaban J connectivity index is 2.21. The Labute approximate surface area is 131 Å². The molecule has 5 nitrogen and oxygen atoms in total. The van der Waals surface area contributed by atoms with Gasteiger partial charge in [0.15, 0.2) is 5.11 Å². The van der Waals surface area contributed by atoms with Gasteiger partial charge in [0.1, 0.15) is 0 Å². The molecular weight excluding hydrogens is 286 g/mol. The zero-order valence-electron chi connectivity index (χ0n) is 12.4. The lowest BCUT2D eigenvalue weighted by Gasteiger charge is -2.10. The Bertz CT molecular complexity index is 466. The number of nitrogens with zero attached hydrogens (tertiary/aromatic N) is 1. The van der Waals surface area contributed by atoms with Gasteiger partial charge in [-0.05, 0) is 24.7 Å². The molecule has 21 heavy (non-hydrogen) atoms. The molecule has 0 bridgehead atoms. The van der Waals surface area contributed by atoms with Gasteiger partial charge >= 0.3 is 0 Å². The Morgan fingerprint density at radius 2 is 1.95 bits per heavy atom. The van der Waals surface area contributed by atoms with Crippen molar-refractivity contribution in [3.63, 3.8) is 0 Å². The Morgan fingerprint density at radius 1 is 1.24 bits per heavy atom. The van der Waals surface area contributed by atoms with Gasteiger partial charge in [0, 0.05) is 24.4 Å². The number of thiocarbonyl (C=S) groups is 1. The Kier molecular flexibility index (Phi) is 8.35. The number of hydrogen-bond donors (Lipinski definition) is 2. The lowest BCUT2D eigenvalue weighted by Crippen LogP contribution is -2.29. The molecule has 0 amide bonds. The van der Waals surface area contributed by atoms with Crippen molar-refractivity contribution in [1.82, 2.24) is 5.32 Å². The predicted molar refractivity (Wildman–Crippen MR) is 90.7 cm³/mol. The fraction of sp³-hybridized carbons (Fsp3) is 0.533. The highest BCUT2D eigenvalue weighted by atomic mass is 32.1. The summed E-state index contributed by atoms with van der Waals surface area (Å²) in [7, 11) is 0. The van der Waals surface area contributed by atoms with Crippen LogP contribution in [0.3, 0.4) is 0 Å². The first kappa shape index (κ1) is 17.4. The number of unbranched alkanes of at least 4 members (excludes halogenated alkanes) is 5. The van der Waals surface area contributed by atoms with Gasteiger partial charge in [0.25, 0.3) is 5.69 Å². The van der Waals surface area contributed by atoms with Gasteiger partial charge in [-0.1, -0.05) is 45.1 Å². The lowest BCUT2D eigenvalue weighted by atomic mass is 10.1. The molecule has 0 aliphatic heterocycles. The molecule has 2 N–H and O–H groups in total. The zero-order chi connectivity index (χ0) is 15.5. The molecule has 0 spiro atoms. The lowest BCUT2D eigenvalue weighted by molar-refractivity contribution is -0.384. The fourth-order valence-corrected chi connectivity index (χ4v) is 2.20. The van der Waals surface area contributed by atoms with Crippen molar-refractivity contribution < 1.29 is 4.92 Å². The molecule has 0 aliphatic carbocycles. The fourth-order valence-electron chi connectivity index (χ4n) is 1.98. The second kappa shape index (κ2) is 10.1. The first-order valence-corrected chi connectivity index (χ1v) is 7.83. The molecule has 6 heteroatoms. The van der Waals surface area contributed by atoms with Gasteiger partial charge in [0.2, 0.25) is 0 Å². The minimum absolute atomic E-state index is 0.0544. The van der Waals surface area contributed by atoms with Crippen molar-refractivity contribution in [1.29, 1.82) is 0 Å². The molecule has 0 radical (unpaired) electrons. The van der Waals surface area contributed by atoms with Crippen LogP contribution in [-0.4, -0.2) is 16.6 Å². The molecule has 116 valence electrons. The highest BCUT2D eigenvalue weighted by Crippen LogP contribution is 2.16. The largest absolute Gasteiger partial charge is 0.362 e. The van der Waals surface area contributed by atoms with E-state index in [2.05, 4.69) is 17.6 Å². The summed E-state index contributed by atoms with van der Waals surface area (Å²) in [5, 5.41) is 17.3. The van der Waals surface area contributed by atoms with Crippen LogP contribution in [0.25, 0.3) is 0 Å². The summed E-state index contributed by atoms with van der Waals surface area (Å²) in [5.74, 6) is 0. The van der Waals surface area contributed by atoms with Crippen molar-refractivity contribution in [2.24, 2.45) is 0 Å². The van der Waals surface area contributed by atoms with Crippen LogP contribution in [0.15, 0.2) is 24.3 Å². The topological polar surface area (TPSA) is 67.2 Å². The van der Waals surface area contributed by atoms with Gasteiger partial charge in [-0.15, -0.1) is 0 Å². The normalized spacial score (nSPS) is 10.1. The molecule has 1 aromatic rings. The molecule has 0 unspecified atom stereocenters. The van der Waals surface area contributed by atoms with Crippen molar-refractivity contribution in [3.05, 3.63) is 34.4 Å². The standard InChI is InChI=1S/C15H23N3O2S/c1-2-3-4-5-6-7-11-16-15(21)17-13-9-8-10-14(12-13)18(19)20/h8-10,12H,2-7,11H2,1H3,(H2,16,17,21). The molecule has 0 atom stereocenters. The average molecular weight is 309 g/mol. The van der Waals surface area contributed by atoms with Gasteiger partial charge in [0.05, 0.1) is 4.92 Å². The van der Waals surface area contributed by atoms with Crippen molar-refractivity contribution in [2.45, 2.75) is 45.4 Å². The maximum absolute atomic E-state index is 10.7. The van der Waals surface area contributed by atoms with E-state index in [1.165, 1.54) is 44.2 Å². The summed E-state index contributed by atoms with van der Waals surface area (Å²) in [6.07, 6.45) is 7.41. The van der Waals surface area contributed by atoms with E-state index in [9.17, 15) is 10.1 Å². The third-order valence-electron chi connectivity index (χ3n) is 3.13. The zero-order valence-corrected chi connectivity index (χ0v) is 13.2. The van der Waals surface area contributed by atoms with Crippen molar-refractivity contribution >= 4 is 28.7 Å². The van der Waals surface area contributed by atoms with E-state index in [1.54, 1.807) is 12.1 Å². The number of hydrogen-bond acceptors (Lipinski definition) is 3. The second-order valence-corrected chi connectivity index (χ2v) is 5.36. The van der Waals surface area contributed by atoms with Crippen molar-refractivity contribution in [2.75, 3.05) is 11.9 Å². The molecular formula is C15H23N3O2S. The van der Waals surface area contributed by atoms with Crippen LogP contribution in [0.1, 0.15) is 45.4 Å². The molecule has 0 saturated heterocycles. The smallest absolute Gasteiger partial charge is 0.271 e. The highest BCUT2D eigenvalue weighted by molar-refractivity contribution is 7.80. The van der Waals surface area contributed by atoms with Gasteiger partial charge < -0.3 is 10.6 Å². The van der Waals surface area contributed by atoms with Crippen LogP contribution >= 0.6 is 12.2 Å². The number of benzene rings is 1. The summed E-state index contributed by atoms with van der Waals surface area (Å²) in [6.45, 7) is 3.03. The molecule has 1 aromatic carbocycles. The molecule has 0 saturated carbocycles. The molecule has 1 rings (SSSR count). The third kappa shape index (κ3) is 7.60. The van der Waals surface area contributed by atoms with E-state index in [4.69, 9.17) is 12.2 Å². The van der Waals surface area contributed by atoms with Crippen molar-refractivity contribution in [3.8, 4) is 0 Å². The molecule has 0 fully saturated rings. The number of nitro groups is 1. The first-order chi connectivity index (χ1) is 10.1. The highest BCUT2D eigenvalue weighted by Gasteiger charge is 2.06. The molecule has 0 heterocycles. The van der Waals surface area contributed by atoms with Crippen LogP contribution in [0.2, 0.25) is 0 Å². The second-order valence-electron chi connectivity index (χ2n) is 4.96. The monoisotopic (exact) mass is 309 g/mol. The van der Waals surface area contributed by atoms with Gasteiger partial charge in [-0.25, -0.2) is 0 Å². The van der Waals surface area contributed by atoms with Gasteiger partial charge in [-0.3, -0.25) is 10.1 Å². The average Bonchev–Trinajstić information content (AvgIpc) is 2.46. The van der Waals surface area contributed by atoms with Crippen LogP contribution in [0, 0.1) is 10.1 Å². The number of nitrogens with one attached hydrogen (secondary N) is 2. The summed E-state index contributed by atoms with van der Waals surface area (Å²) in [6, 6.07) is 6.32. The number of rotatable bonds is 9. The van der Waals surface area contributed by atoms with Gasteiger partial charge in [-0.2, -0.15) is 0 Å². The number of non-ortho nitro benzene ring substituents is 1. The summed E-state index contributed by atoms with van der Waals surface area (Å²) < 4.78 is 0. The third-order valence-corrected chi connectivity index (χ3v) is 3.38. The van der Waals surface area contributed by atoms with E-state index in [-0.39, 0.29) is 5.69 Å². The Hall–Kier alpha value is -1.69. The van der Waals surface area contributed by atoms with Crippen LogP contribution in [0.4, 0.5) is 11.4 Å². The van der Waals surface area contributed by atoms with E-state index in [0.717, 1.165) is 13.0 Å². The minimum atomic E-state index is -0.419. The quantitative estimate of drug-likeness (QED) is 0.309. The maximum Gasteiger partial charge on any atom is 0.271 e. The molecule has 0 aliphatic rings. The number of nitro benzene ring substituents is 1. The first-order valence-electron chi connectivity index (χ1n) is 7.42. The Morgan fingerprint density at radius 3 is 2.67 bits per heavy atom. The summed E-state index contributed by atoms with van der Waals surface area (Å²) in [4.78, 5) is 10.3. The SMILES string of the molecule is CCCCCCCCNC(=S)Nc1cccc([N+](=O)[O-])c1.